The van der Waals surface area contributed by atoms with Crippen molar-refractivity contribution in [3.8, 4) is 5.75 Å². The minimum atomic E-state index is -0.0417. The predicted molar refractivity (Wildman–Crippen MR) is 84.8 cm³/mol. The quantitative estimate of drug-likeness (QED) is 0.875. The van der Waals surface area contributed by atoms with E-state index in [0.29, 0.717) is 5.92 Å². The molecule has 0 aliphatic carbocycles. The second-order valence-electron chi connectivity index (χ2n) is 6.10. The van der Waals surface area contributed by atoms with Crippen LogP contribution in [0.3, 0.4) is 0 Å². The van der Waals surface area contributed by atoms with Crippen molar-refractivity contribution in [1.29, 1.82) is 0 Å². The number of aryl methyl sites for hydroxylation is 1. The van der Waals surface area contributed by atoms with Gasteiger partial charge in [-0.05, 0) is 49.4 Å². The number of carbonyl (C=O) groups is 1. The van der Waals surface area contributed by atoms with Crippen LogP contribution in [0, 0.1) is 6.92 Å². The van der Waals surface area contributed by atoms with Crippen molar-refractivity contribution in [3.63, 3.8) is 0 Å². The van der Waals surface area contributed by atoms with Gasteiger partial charge in [0.05, 0.1) is 0 Å². The highest BCUT2D eigenvalue weighted by Gasteiger charge is 2.16. The Bertz CT molecular complexity index is 480. The van der Waals surface area contributed by atoms with E-state index < -0.39 is 0 Å². The Kier molecular flexibility index (Phi) is 5.62. The molecule has 0 saturated carbocycles. The number of hydrogen-bond donors (Lipinski definition) is 2. The van der Waals surface area contributed by atoms with Crippen molar-refractivity contribution >= 4 is 5.91 Å². The van der Waals surface area contributed by atoms with Gasteiger partial charge in [-0.1, -0.05) is 26.0 Å². The van der Waals surface area contributed by atoms with Crippen LogP contribution in [0.1, 0.15) is 43.7 Å². The number of rotatable bonds is 5. The lowest BCUT2D eigenvalue weighted by atomic mass is 10.0. The van der Waals surface area contributed by atoms with E-state index in [2.05, 4.69) is 36.6 Å². The second-order valence-corrected chi connectivity index (χ2v) is 6.10. The van der Waals surface area contributed by atoms with Gasteiger partial charge < -0.3 is 15.4 Å². The van der Waals surface area contributed by atoms with Crippen LogP contribution >= 0.6 is 0 Å². The van der Waals surface area contributed by atoms with E-state index in [1.807, 2.05) is 13.0 Å². The molecule has 1 saturated heterocycles. The van der Waals surface area contributed by atoms with E-state index in [1.54, 1.807) is 0 Å². The Morgan fingerprint density at radius 2 is 2.29 bits per heavy atom. The fourth-order valence-electron chi connectivity index (χ4n) is 2.63. The normalized spacial score (nSPS) is 18.6. The Hall–Kier alpha value is -1.55. The zero-order valence-electron chi connectivity index (χ0n) is 13.2. The average molecular weight is 290 g/mol. The highest BCUT2D eigenvalue weighted by molar-refractivity contribution is 5.78. The minimum Gasteiger partial charge on any atom is -0.483 e. The van der Waals surface area contributed by atoms with E-state index in [0.717, 1.165) is 42.8 Å². The predicted octanol–water partition coefficient (Wildman–Crippen LogP) is 2.37. The third-order valence-corrected chi connectivity index (χ3v) is 3.81. The maximum atomic E-state index is 12.0. The van der Waals surface area contributed by atoms with Crippen LogP contribution in [0.2, 0.25) is 0 Å². The van der Waals surface area contributed by atoms with Crippen molar-refractivity contribution in [2.75, 3.05) is 19.7 Å². The largest absolute Gasteiger partial charge is 0.483 e. The number of ether oxygens (including phenoxy) is 1. The maximum absolute atomic E-state index is 12.0. The molecule has 0 aromatic heterocycles. The van der Waals surface area contributed by atoms with Crippen LogP contribution in [0.15, 0.2) is 18.2 Å². The summed E-state index contributed by atoms with van der Waals surface area (Å²) in [6.45, 7) is 8.28. The summed E-state index contributed by atoms with van der Waals surface area (Å²) >= 11 is 0. The molecule has 0 radical (unpaired) electrons. The first kappa shape index (κ1) is 15.8. The van der Waals surface area contributed by atoms with Crippen molar-refractivity contribution in [2.45, 2.75) is 45.6 Å². The molecule has 4 nitrogen and oxygen atoms in total. The van der Waals surface area contributed by atoms with Crippen LogP contribution < -0.4 is 15.4 Å². The fourth-order valence-corrected chi connectivity index (χ4v) is 2.63. The molecular weight excluding hydrogens is 264 g/mol. The van der Waals surface area contributed by atoms with Gasteiger partial charge in [-0.2, -0.15) is 0 Å². The molecule has 1 atom stereocenters. The molecule has 1 aromatic carbocycles. The van der Waals surface area contributed by atoms with Gasteiger partial charge in [-0.3, -0.25) is 4.79 Å². The molecule has 2 N–H and O–H groups in total. The molecule has 0 spiro atoms. The number of nitrogens with one attached hydrogen (secondary N) is 2. The van der Waals surface area contributed by atoms with Gasteiger partial charge >= 0.3 is 0 Å². The molecule has 1 aliphatic heterocycles. The topological polar surface area (TPSA) is 50.4 Å². The fraction of sp³-hybridized carbons (Fsp3) is 0.588. The van der Waals surface area contributed by atoms with Crippen molar-refractivity contribution in [1.82, 2.24) is 10.6 Å². The standard InChI is InChI=1S/C17H26N2O2/c1-12(2)15-7-6-13(3)9-16(15)21-11-17(20)19-14-5-4-8-18-10-14/h6-7,9,12,14,18H,4-5,8,10-11H2,1-3H3,(H,19,20)/t14-/m0/s1. The van der Waals surface area contributed by atoms with E-state index in [9.17, 15) is 4.79 Å². The van der Waals surface area contributed by atoms with Crippen molar-refractivity contribution < 1.29 is 9.53 Å². The first-order valence-electron chi connectivity index (χ1n) is 7.79. The monoisotopic (exact) mass is 290 g/mol. The molecule has 1 aromatic rings. The Morgan fingerprint density at radius 3 is 2.95 bits per heavy atom. The number of hydrogen-bond acceptors (Lipinski definition) is 3. The Balaban J connectivity index is 1.89. The third-order valence-electron chi connectivity index (χ3n) is 3.81. The lowest BCUT2D eigenvalue weighted by Gasteiger charge is -2.24. The van der Waals surface area contributed by atoms with E-state index in [1.165, 1.54) is 0 Å². The molecule has 4 heteroatoms. The number of piperidine rings is 1. The molecule has 116 valence electrons. The lowest BCUT2D eigenvalue weighted by Crippen LogP contribution is -2.47. The molecule has 0 unspecified atom stereocenters. The Labute approximate surface area is 127 Å². The van der Waals surface area contributed by atoms with Gasteiger partial charge in [0.15, 0.2) is 6.61 Å². The summed E-state index contributed by atoms with van der Waals surface area (Å²) in [5.74, 6) is 1.16. The number of amides is 1. The smallest absolute Gasteiger partial charge is 0.258 e. The average Bonchev–Trinajstić information content (AvgIpc) is 2.46. The van der Waals surface area contributed by atoms with E-state index in [-0.39, 0.29) is 18.6 Å². The van der Waals surface area contributed by atoms with Gasteiger partial charge in [-0.25, -0.2) is 0 Å². The van der Waals surface area contributed by atoms with Gasteiger partial charge in [0, 0.05) is 12.6 Å². The molecule has 21 heavy (non-hydrogen) atoms. The summed E-state index contributed by atoms with van der Waals surface area (Å²) in [5.41, 5.74) is 2.29. The summed E-state index contributed by atoms with van der Waals surface area (Å²) in [5, 5.41) is 6.32. The summed E-state index contributed by atoms with van der Waals surface area (Å²) in [6, 6.07) is 6.40. The van der Waals surface area contributed by atoms with Crippen molar-refractivity contribution in [2.24, 2.45) is 0 Å². The molecule has 0 bridgehead atoms. The number of carbonyl (C=O) groups excluding carboxylic acids is 1. The van der Waals surface area contributed by atoms with Crippen molar-refractivity contribution in [3.05, 3.63) is 29.3 Å². The van der Waals surface area contributed by atoms with Crippen LogP contribution in [0.25, 0.3) is 0 Å². The first-order chi connectivity index (χ1) is 10.1. The second kappa shape index (κ2) is 7.46. The highest BCUT2D eigenvalue weighted by atomic mass is 16.5. The first-order valence-corrected chi connectivity index (χ1v) is 7.79. The minimum absolute atomic E-state index is 0.0417. The van der Waals surface area contributed by atoms with Crippen LogP contribution in [-0.2, 0) is 4.79 Å². The summed E-state index contributed by atoms with van der Waals surface area (Å²) in [6.07, 6.45) is 2.15. The Morgan fingerprint density at radius 1 is 1.48 bits per heavy atom. The lowest BCUT2D eigenvalue weighted by molar-refractivity contribution is -0.123. The summed E-state index contributed by atoms with van der Waals surface area (Å²) < 4.78 is 5.75. The van der Waals surface area contributed by atoms with E-state index >= 15 is 0 Å². The number of benzene rings is 1. The molecule has 1 amide bonds. The molecule has 1 aliphatic rings. The van der Waals surface area contributed by atoms with Crippen LogP contribution in [0.4, 0.5) is 0 Å². The third kappa shape index (κ3) is 4.74. The highest BCUT2D eigenvalue weighted by Crippen LogP contribution is 2.27. The molecular formula is C17H26N2O2. The van der Waals surface area contributed by atoms with Gasteiger partial charge in [0.25, 0.3) is 5.91 Å². The van der Waals surface area contributed by atoms with Gasteiger partial charge in [-0.15, -0.1) is 0 Å². The zero-order valence-corrected chi connectivity index (χ0v) is 13.2. The molecule has 1 heterocycles. The summed E-state index contributed by atoms with van der Waals surface area (Å²) in [7, 11) is 0. The van der Waals surface area contributed by atoms with E-state index in [4.69, 9.17) is 4.74 Å². The maximum Gasteiger partial charge on any atom is 0.258 e. The zero-order chi connectivity index (χ0) is 15.2. The van der Waals surface area contributed by atoms with Crippen LogP contribution in [-0.4, -0.2) is 31.6 Å². The molecule has 1 fully saturated rings. The SMILES string of the molecule is Cc1ccc(C(C)C)c(OCC(=O)N[C@H]2CCCNC2)c1. The summed E-state index contributed by atoms with van der Waals surface area (Å²) in [4.78, 5) is 12.0. The van der Waals surface area contributed by atoms with Gasteiger partial charge in [0.2, 0.25) is 0 Å². The molecule has 2 rings (SSSR count). The van der Waals surface area contributed by atoms with Gasteiger partial charge in [0.1, 0.15) is 5.75 Å². The van der Waals surface area contributed by atoms with Crippen LogP contribution in [0.5, 0.6) is 5.75 Å².